The van der Waals surface area contributed by atoms with Crippen molar-refractivity contribution < 1.29 is 28.6 Å². The predicted octanol–water partition coefficient (Wildman–Crippen LogP) is 23.1. The van der Waals surface area contributed by atoms with Crippen molar-refractivity contribution in [2.75, 3.05) is 13.2 Å². The molecule has 6 nitrogen and oxygen atoms in total. The summed E-state index contributed by atoms with van der Waals surface area (Å²) in [6.07, 6.45) is 83.8. The minimum atomic E-state index is -0.796. The number of hydrogen-bond donors (Lipinski definition) is 0. The molecule has 0 N–H and O–H groups in total. The van der Waals surface area contributed by atoms with Gasteiger partial charge in [-0.15, -0.1) is 0 Å². The molecular formula is C71H128O6. The van der Waals surface area contributed by atoms with Crippen LogP contribution in [0.15, 0.2) is 60.8 Å². The molecule has 0 unspecified atom stereocenters. The number of rotatable bonds is 62. The fourth-order valence-corrected chi connectivity index (χ4v) is 9.90. The highest BCUT2D eigenvalue weighted by Crippen LogP contribution is 2.18. The Morgan fingerprint density at radius 1 is 0.260 bits per heavy atom. The highest BCUT2D eigenvalue weighted by molar-refractivity contribution is 5.71. The van der Waals surface area contributed by atoms with E-state index in [2.05, 4.69) is 81.5 Å². The molecule has 0 aliphatic heterocycles. The highest BCUT2D eigenvalue weighted by atomic mass is 16.6. The summed E-state index contributed by atoms with van der Waals surface area (Å²) in [5, 5.41) is 0. The molecule has 0 amide bonds. The summed E-state index contributed by atoms with van der Waals surface area (Å²) >= 11 is 0. The monoisotopic (exact) mass is 1080 g/mol. The summed E-state index contributed by atoms with van der Waals surface area (Å²) < 4.78 is 16.9. The molecule has 0 fully saturated rings. The number of carbonyl (C=O) groups excluding carboxylic acids is 3. The average Bonchev–Trinajstić information content (AvgIpc) is 3.43. The van der Waals surface area contributed by atoms with E-state index in [4.69, 9.17) is 14.2 Å². The van der Waals surface area contributed by atoms with Gasteiger partial charge in [-0.2, -0.15) is 0 Å². The lowest BCUT2D eigenvalue weighted by Gasteiger charge is -2.18. The van der Waals surface area contributed by atoms with Gasteiger partial charge in [-0.3, -0.25) is 14.4 Å². The van der Waals surface area contributed by atoms with Gasteiger partial charge in [-0.05, 0) is 83.5 Å². The molecular weight excluding hydrogens is 949 g/mol. The van der Waals surface area contributed by atoms with Crippen molar-refractivity contribution in [1.29, 1.82) is 0 Å². The van der Waals surface area contributed by atoms with Crippen molar-refractivity contribution >= 4 is 17.9 Å². The Balaban J connectivity index is 4.38. The molecule has 1 atom stereocenters. The van der Waals surface area contributed by atoms with Gasteiger partial charge < -0.3 is 14.2 Å². The number of allylic oxidation sites excluding steroid dienone is 10. The van der Waals surface area contributed by atoms with Gasteiger partial charge >= 0.3 is 17.9 Å². The number of unbranched alkanes of at least 4 members (excludes halogenated alkanes) is 41. The third-order valence-corrected chi connectivity index (χ3v) is 15.0. The van der Waals surface area contributed by atoms with Crippen LogP contribution in [0.5, 0.6) is 0 Å². The van der Waals surface area contributed by atoms with Crippen molar-refractivity contribution in [3.05, 3.63) is 60.8 Å². The summed E-state index contributed by atoms with van der Waals surface area (Å²) in [6.45, 7) is 6.62. The van der Waals surface area contributed by atoms with Crippen molar-refractivity contribution in [1.82, 2.24) is 0 Å². The third-order valence-electron chi connectivity index (χ3n) is 15.0. The largest absolute Gasteiger partial charge is 0.462 e. The lowest BCUT2D eigenvalue weighted by Crippen LogP contribution is -2.30. The van der Waals surface area contributed by atoms with E-state index in [0.717, 1.165) is 64.2 Å². The van der Waals surface area contributed by atoms with E-state index in [0.29, 0.717) is 19.3 Å². The molecule has 0 aromatic heterocycles. The zero-order chi connectivity index (χ0) is 55.7. The topological polar surface area (TPSA) is 78.9 Å². The number of hydrogen-bond acceptors (Lipinski definition) is 6. The lowest BCUT2D eigenvalue weighted by atomic mass is 10.0. The van der Waals surface area contributed by atoms with Gasteiger partial charge in [0.1, 0.15) is 13.2 Å². The number of carbonyl (C=O) groups is 3. The minimum absolute atomic E-state index is 0.0880. The Labute approximate surface area is 479 Å². The van der Waals surface area contributed by atoms with Crippen LogP contribution in [0.1, 0.15) is 355 Å². The summed E-state index contributed by atoms with van der Waals surface area (Å²) in [6, 6.07) is 0. The molecule has 0 aromatic carbocycles. The first-order valence-electron chi connectivity index (χ1n) is 33.8. The lowest BCUT2D eigenvalue weighted by molar-refractivity contribution is -0.167. The first kappa shape index (κ1) is 74.1. The smallest absolute Gasteiger partial charge is 0.306 e. The van der Waals surface area contributed by atoms with Crippen LogP contribution in [0, 0.1) is 0 Å². The van der Waals surface area contributed by atoms with Gasteiger partial charge in [-0.1, -0.05) is 313 Å². The Morgan fingerprint density at radius 2 is 0.481 bits per heavy atom. The fourth-order valence-electron chi connectivity index (χ4n) is 9.90. The van der Waals surface area contributed by atoms with Crippen LogP contribution >= 0.6 is 0 Å². The molecule has 448 valence electrons. The van der Waals surface area contributed by atoms with E-state index in [1.807, 2.05) is 0 Å². The van der Waals surface area contributed by atoms with E-state index < -0.39 is 6.10 Å². The first-order valence-corrected chi connectivity index (χ1v) is 33.8. The Morgan fingerprint density at radius 3 is 0.818 bits per heavy atom. The number of esters is 3. The van der Waals surface area contributed by atoms with E-state index in [-0.39, 0.29) is 37.5 Å². The van der Waals surface area contributed by atoms with Crippen LogP contribution in [-0.4, -0.2) is 37.2 Å². The molecule has 0 aliphatic rings. The van der Waals surface area contributed by atoms with Crippen LogP contribution < -0.4 is 0 Å². The Bertz CT molecular complexity index is 1380. The van der Waals surface area contributed by atoms with Gasteiger partial charge in [0, 0.05) is 19.3 Å². The van der Waals surface area contributed by atoms with Gasteiger partial charge in [0.15, 0.2) is 6.10 Å². The maximum absolute atomic E-state index is 12.9. The summed E-state index contributed by atoms with van der Waals surface area (Å²) in [5.74, 6) is -0.925. The Kier molecular flexibility index (Phi) is 63.2. The van der Waals surface area contributed by atoms with E-state index in [1.165, 1.54) is 244 Å². The second kappa shape index (κ2) is 65.6. The van der Waals surface area contributed by atoms with Crippen molar-refractivity contribution in [3.8, 4) is 0 Å². The molecule has 0 heterocycles. The molecule has 6 heteroatoms. The van der Waals surface area contributed by atoms with Crippen LogP contribution in [0.25, 0.3) is 0 Å². The second-order valence-electron chi connectivity index (χ2n) is 22.7. The molecule has 0 spiro atoms. The third kappa shape index (κ3) is 63.8. The molecule has 77 heavy (non-hydrogen) atoms. The first-order chi connectivity index (χ1) is 38.0. The molecule has 0 rings (SSSR count). The van der Waals surface area contributed by atoms with Gasteiger partial charge in [0.05, 0.1) is 0 Å². The van der Waals surface area contributed by atoms with Gasteiger partial charge in [0.25, 0.3) is 0 Å². The maximum atomic E-state index is 12.9. The SMILES string of the molecule is CCCCC/C=C\C/C=C\C/C=C\C/C=C\CCCC(=O)OC[C@H](COC(=O)CCCCCCCCCCCCC/C=C\CCCCCCCC)OC(=O)CCCCCCCCCCCCCCCCCCCCCCC. The van der Waals surface area contributed by atoms with E-state index in [1.54, 1.807) is 0 Å². The average molecular weight is 1080 g/mol. The van der Waals surface area contributed by atoms with Crippen LogP contribution in [0.2, 0.25) is 0 Å². The second-order valence-corrected chi connectivity index (χ2v) is 22.7. The van der Waals surface area contributed by atoms with Crippen LogP contribution in [0.3, 0.4) is 0 Å². The predicted molar refractivity (Wildman–Crippen MR) is 335 cm³/mol. The van der Waals surface area contributed by atoms with Crippen molar-refractivity contribution in [2.24, 2.45) is 0 Å². The maximum Gasteiger partial charge on any atom is 0.306 e. The van der Waals surface area contributed by atoms with Crippen LogP contribution in [0.4, 0.5) is 0 Å². The van der Waals surface area contributed by atoms with Gasteiger partial charge in [0.2, 0.25) is 0 Å². The van der Waals surface area contributed by atoms with Gasteiger partial charge in [-0.25, -0.2) is 0 Å². The van der Waals surface area contributed by atoms with E-state index >= 15 is 0 Å². The fraction of sp³-hybridized carbons (Fsp3) is 0.817. The molecule has 0 saturated carbocycles. The van der Waals surface area contributed by atoms with Crippen LogP contribution in [-0.2, 0) is 28.6 Å². The number of ether oxygens (including phenoxy) is 3. The quantitative estimate of drug-likeness (QED) is 0.0261. The molecule has 0 saturated heterocycles. The summed E-state index contributed by atoms with van der Waals surface area (Å²) in [4.78, 5) is 38.4. The molecule has 0 aromatic rings. The normalized spacial score (nSPS) is 12.4. The Hall–Kier alpha value is -2.89. The highest BCUT2D eigenvalue weighted by Gasteiger charge is 2.19. The molecule has 0 aliphatic carbocycles. The summed E-state index contributed by atoms with van der Waals surface area (Å²) in [7, 11) is 0. The van der Waals surface area contributed by atoms with Crippen molar-refractivity contribution in [3.63, 3.8) is 0 Å². The molecule has 0 radical (unpaired) electrons. The summed E-state index contributed by atoms with van der Waals surface area (Å²) in [5.41, 5.74) is 0. The zero-order valence-corrected chi connectivity index (χ0v) is 51.5. The van der Waals surface area contributed by atoms with Crippen molar-refractivity contribution in [2.45, 2.75) is 361 Å². The zero-order valence-electron chi connectivity index (χ0n) is 51.5. The molecule has 0 bridgehead atoms. The standard InChI is InChI=1S/C71H128O6/c1-4-7-10-13-16-19-22-25-28-31-33-35-37-40-43-46-49-52-55-58-61-64-70(73)76-67-68(66-75-69(72)63-60-57-54-51-48-45-42-39-30-27-24-21-18-15-12-9-6-3)77-71(74)65-62-59-56-53-50-47-44-41-38-36-34-32-29-26-23-20-17-14-11-8-5-2/h18,21,25,27-28,30,42,45,51,54,68H,4-17,19-20,22-24,26,29,31-41,43-44,46-50,52-53,55-67H2,1-3H3/b21-18-,28-25-,30-27-,45-42-,54-51-/t68-/m1/s1. The van der Waals surface area contributed by atoms with E-state index in [9.17, 15) is 14.4 Å². The minimum Gasteiger partial charge on any atom is -0.462 e.